The van der Waals surface area contributed by atoms with Gasteiger partial charge < -0.3 is 10.1 Å². The van der Waals surface area contributed by atoms with Gasteiger partial charge >= 0.3 is 0 Å². The van der Waals surface area contributed by atoms with Crippen LogP contribution in [-0.2, 0) is 5.54 Å². The van der Waals surface area contributed by atoms with Crippen LogP contribution in [0.25, 0.3) is 0 Å². The molecule has 0 amide bonds. The SMILES string of the molecule is COc1c(SC)cc(F)cc1C1(C)CCCN1. The first-order chi connectivity index (χ1) is 8.10. The Balaban J connectivity index is 2.55. The first kappa shape index (κ1) is 12.7. The van der Waals surface area contributed by atoms with E-state index in [1.54, 1.807) is 13.2 Å². The van der Waals surface area contributed by atoms with Gasteiger partial charge in [0.15, 0.2) is 0 Å². The number of hydrogen-bond acceptors (Lipinski definition) is 3. The Morgan fingerprint density at radius 2 is 2.24 bits per heavy atom. The molecule has 94 valence electrons. The molecule has 0 radical (unpaired) electrons. The molecule has 2 rings (SSSR count). The van der Waals surface area contributed by atoms with Crippen molar-refractivity contribution < 1.29 is 9.13 Å². The predicted octanol–water partition coefficient (Wildman–Crippen LogP) is 3.15. The number of halogens is 1. The third-order valence-electron chi connectivity index (χ3n) is 3.41. The van der Waals surface area contributed by atoms with Gasteiger partial charge in [-0.05, 0) is 44.7 Å². The third-order valence-corrected chi connectivity index (χ3v) is 4.15. The average molecular weight is 255 g/mol. The van der Waals surface area contributed by atoms with Gasteiger partial charge in [0.2, 0.25) is 0 Å². The summed E-state index contributed by atoms with van der Waals surface area (Å²) in [7, 11) is 1.65. The molecule has 1 aromatic carbocycles. The molecule has 1 saturated heterocycles. The summed E-state index contributed by atoms with van der Waals surface area (Å²) in [6, 6.07) is 3.13. The first-order valence-electron chi connectivity index (χ1n) is 5.78. The molecule has 0 spiro atoms. The number of hydrogen-bond donors (Lipinski definition) is 1. The van der Waals surface area contributed by atoms with E-state index in [-0.39, 0.29) is 11.4 Å². The first-order valence-corrected chi connectivity index (χ1v) is 7.00. The van der Waals surface area contributed by atoms with Crippen molar-refractivity contribution in [2.45, 2.75) is 30.2 Å². The zero-order valence-corrected chi connectivity index (χ0v) is 11.3. The molecule has 1 heterocycles. The van der Waals surface area contributed by atoms with Gasteiger partial charge in [0.05, 0.1) is 12.0 Å². The van der Waals surface area contributed by atoms with Gasteiger partial charge in [0.1, 0.15) is 11.6 Å². The number of methoxy groups -OCH3 is 1. The van der Waals surface area contributed by atoms with Crippen LogP contribution < -0.4 is 10.1 Å². The number of benzene rings is 1. The second-order valence-electron chi connectivity index (χ2n) is 4.55. The van der Waals surface area contributed by atoms with Gasteiger partial charge in [-0.25, -0.2) is 4.39 Å². The van der Waals surface area contributed by atoms with E-state index in [1.165, 1.54) is 17.8 Å². The second-order valence-corrected chi connectivity index (χ2v) is 5.40. The maximum Gasteiger partial charge on any atom is 0.137 e. The fourth-order valence-electron chi connectivity index (χ4n) is 2.47. The second kappa shape index (κ2) is 4.86. The van der Waals surface area contributed by atoms with Crippen LogP contribution in [-0.4, -0.2) is 19.9 Å². The van der Waals surface area contributed by atoms with Crippen LogP contribution >= 0.6 is 11.8 Å². The molecule has 0 aromatic heterocycles. The standard InChI is InChI=1S/C13H18FNOS/c1-13(5-4-6-15-13)10-7-9(14)8-11(17-3)12(10)16-2/h7-8,15H,4-6H2,1-3H3. The van der Waals surface area contributed by atoms with Crippen molar-refractivity contribution in [3.8, 4) is 5.75 Å². The monoisotopic (exact) mass is 255 g/mol. The Hall–Kier alpha value is -0.740. The van der Waals surface area contributed by atoms with E-state index >= 15 is 0 Å². The van der Waals surface area contributed by atoms with Gasteiger partial charge in [-0.15, -0.1) is 11.8 Å². The summed E-state index contributed by atoms with van der Waals surface area (Å²) < 4.78 is 19.1. The highest BCUT2D eigenvalue weighted by Gasteiger charge is 2.34. The fourth-order valence-corrected chi connectivity index (χ4v) is 3.07. The van der Waals surface area contributed by atoms with E-state index < -0.39 is 0 Å². The Bertz CT molecular complexity index is 416. The molecule has 1 atom stereocenters. The molecule has 0 aliphatic carbocycles. The third kappa shape index (κ3) is 2.29. The lowest BCUT2D eigenvalue weighted by Crippen LogP contribution is -2.33. The van der Waals surface area contributed by atoms with Crippen LogP contribution in [0, 0.1) is 5.82 Å². The molecule has 1 aliphatic heterocycles. The van der Waals surface area contributed by atoms with Gasteiger partial charge in [0, 0.05) is 11.1 Å². The fraction of sp³-hybridized carbons (Fsp3) is 0.538. The van der Waals surface area contributed by atoms with Crippen LogP contribution in [0.5, 0.6) is 5.75 Å². The summed E-state index contributed by atoms with van der Waals surface area (Å²) in [5.41, 5.74) is 0.764. The zero-order chi connectivity index (χ0) is 12.5. The van der Waals surface area contributed by atoms with Crippen LogP contribution in [0.15, 0.2) is 17.0 Å². The van der Waals surface area contributed by atoms with Crippen LogP contribution in [0.4, 0.5) is 4.39 Å². The molecule has 4 heteroatoms. The van der Waals surface area contributed by atoms with E-state index in [9.17, 15) is 4.39 Å². The van der Waals surface area contributed by atoms with Crippen LogP contribution in [0.1, 0.15) is 25.3 Å². The van der Waals surface area contributed by atoms with Crippen LogP contribution in [0.2, 0.25) is 0 Å². The number of thioether (sulfide) groups is 1. The van der Waals surface area contributed by atoms with Crippen molar-refractivity contribution in [3.63, 3.8) is 0 Å². The van der Waals surface area contributed by atoms with Crippen molar-refractivity contribution in [3.05, 3.63) is 23.5 Å². The Morgan fingerprint density at radius 3 is 2.76 bits per heavy atom. The average Bonchev–Trinajstić information content (AvgIpc) is 2.76. The van der Waals surface area contributed by atoms with E-state index in [4.69, 9.17) is 4.74 Å². The number of ether oxygens (including phenoxy) is 1. The maximum atomic E-state index is 13.7. The predicted molar refractivity (Wildman–Crippen MR) is 69.3 cm³/mol. The molecule has 1 N–H and O–H groups in total. The highest BCUT2D eigenvalue weighted by molar-refractivity contribution is 7.98. The Labute approximate surface area is 106 Å². The normalized spacial score (nSPS) is 24.0. The molecule has 0 saturated carbocycles. The van der Waals surface area contributed by atoms with Gasteiger partial charge in [-0.3, -0.25) is 0 Å². The Morgan fingerprint density at radius 1 is 1.47 bits per heavy atom. The van der Waals surface area contributed by atoms with Crippen molar-refractivity contribution in [1.29, 1.82) is 0 Å². The smallest absolute Gasteiger partial charge is 0.137 e. The number of rotatable bonds is 3. The minimum absolute atomic E-state index is 0.169. The summed E-state index contributed by atoms with van der Waals surface area (Å²) in [5, 5.41) is 3.45. The minimum atomic E-state index is -0.194. The molecule has 1 fully saturated rings. The molecule has 1 unspecified atom stereocenters. The van der Waals surface area contributed by atoms with E-state index in [0.29, 0.717) is 0 Å². The maximum absolute atomic E-state index is 13.7. The Kier molecular flexibility index (Phi) is 3.64. The molecule has 17 heavy (non-hydrogen) atoms. The molecule has 1 aliphatic rings. The van der Waals surface area contributed by atoms with Gasteiger partial charge in [0.25, 0.3) is 0 Å². The molecule has 0 bridgehead atoms. The zero-order valence-electron chi connectivity index (χ0n) is 10.5. The van der Waals surface area contributed by atoms with Crippen molar-refractivity contribution >= 4 is 11.8 Å². The molecule has 2 nitrogen and oxygen atoms in total. The highest BCUT2D eigenvalue weighted by Crippen LogP contribution is 2.41. The summed E-state index contributed by atoms with van der Waals surface area (Å²) in [4.78, 5) is 0.859. The lowest BCUT2D eigenvalue weighted by Gasteiger charge is -2.28. The van der Waals surface area contributed by atoms with Crippen molar-refractivity contribution in [1.82, 2.24) is 5.32 Å². The van der Waals surface area contributed by atoms with Gasteiger partial charge in [-0.2, -0.15) is 0 Å². The van der Waals surface area contributed by atoms with E-state index in [1.807, 2.05) is 6.26 Å². The topological polar surface area (TPSA) is 21.3 Å². The molecular formula is C13H18FNOS. The highest BCUT2D eigenvalue weighted by atomic mass is 32.2. The van der Waals surface area contributed by atoms with Crippen molar-refractivity contribution in [2.24, 2.45) is 0 Å². The summed E-state index contributed by atoms with van der Waals surface area (Å²) in [6.45, 7) is 3.09. The van der Waals surface area contributed by atoms with E-state index in [0.717, 1.165) is 35.6 Å². The van der Waals surface area contributed by atoms with Crippen LogP contribution in [0.3, 0.4) is 0 Å². The lowest BCUT2D eigenvalue weighted by molar-refractivity contribution is 0.360. The van der Waals surface area contributed by atoms with Crippen molar-refractivity contribution in [2.75, 3.05) is 19.9 Å². The summed E-state index contributed by atoms with van der Waals surface area (Å²) in [5.74, 6) is 0.607. The summed E-state index contributed by atoms with van der Waals surface area (Å²) in [6.07, 6.45) is 4.07. The van der Waals surface area contributed by atoms with E-state index in [2.05, 4.69) is 12.2 Å². The molecule has 1 aromatic rings. The number of nitrogens with one attached hydrogen (secondary N) is 1. The lowest BCUT2D eigenvalue weighted by atomic mass is 9.89. The largest absolute Gasteiger partial charge is 0.495 e. The summed E-state index contributed by atoms with van der Waals surface area (Å²) >= 11 is 1.51. The minimum Gasteiger partial charge on any atom is -0.495 e. The van der Waals surface area contributed by atoms with Gasteiger partial charge in [-0.1, -0.05) is 0 Å². The molecular weight excluding hydrogens is 237 g/mol. The quantitative estimate of drug-likeness (QED) is 0.838.